The fourth-order valence-corrected chi connectivity index (χ4v) is 4.78. The Morgan fingerprint density at radius 3 is 2.46 bits per heavy atom. The van der Waals surface area contributed by atoms with E-state index in [1.165, 1.54) is 7.11 Å². The number of nitrogens with one attached hydrogen (secondary N) is 1. The van der Waals surface area contributed by atoms with Gasteiger partial charge in [0, 0.05) is 24.7 Å². The molecule has 0 spiro atoms. The zero-order valence-corrected chi connectivity index (χ0v) is 21.1. The van der Waals surface area contributed by atoms with Gasteiger partial charge in [-0.15, -0.1) is 6.58 Å². The van der Waals surface area contributed by atoms with Crippen molar-refractivity contribution in [3.63, 3.8) is 0 Å². The predicted molar refractivity (Wildman–Crippen MR) is 139 cm³/mol. The van der Waals surface area contributed by atoms with Crippen LogP contribution >= 0.6 is 0 Å². The van der Waals surface area contributed by atoms with Crippen LogP contribution in [-0.4, -0.2) is 35.1 Å². The van der Waals surface area contributed by atoms with E-state index in [4.69, 9.17) is 9.47 Å². The van der Waals surface area contributed by atoms with Gasteiger partial charge < -0.3 is 14.8 Å². The lowest BCUT2D eigenvalue weighted by Crippen LogP contribution is -2.44. The van der Waals surface area contributed by atoms with Crippen molar-refractivity contribution in [2.75, 3.05) is 25.7 Å². The van der Waals surface area contributed by atoms with Crippen LogP contribution < -0.4 is 14.8 Å². The largest absolute Gasteiger partial charge is 0.497 e. The number of fused-ring (bicyclic) bond motifs is 1. The molecule has 1 aliphatic heterocycles. The van der Waals surface area contributed by atoms with E-state index in [-0.39, 0.29) is 36.9 Å². The van der Waals surface area contributed by atoms with Gasteiger partial charge in [0.25, 0.3) is 0 Å². The van der Waals surface area contributed by atoms with Crippen LogP contribution in [0.25, 0.3) is 5.69 Å². The summed E-state index contributed by atoms with van der Waals surface area (Å²) in [6.45, 7) is 3.85. The van der Waals surface area contributed by atoms with E-state index >= 15 is 8.78 Å². The van der Waals surface area contributed by atoms with Gasteiger partial charge in [-0.2, -0.15) is 13.9 Å². The van der Waals surface area contributed by atoms with E-state index in [2.05, 4.69) is 17.0 Å². The van der Waals surface area contributed by atoms with Crippen molar-refractivity contribution in [2.24, 2.45) is 0 Å². The Hall–Kier alpha value is -4.31. The molecule has 0 saturated heterocycles. The van der Waals surface area contributed by atoms with Crippen molar-refractivity contribution in [2.45, 2.75) is 18.5 Å². The number of anilines is 1. The van der Waals surface area contributed by atoms with Gasteiger partial charge in [0.05, 0.1) is 7.11 Å². The van der Waals surface area contributed by atoms with E-state index in [9.17, 15) is 8.78 Å². The highest BCUT2D eigenvalue weighted by Crippen LogP contribution is 2.51. The minimum Gasteiger partial charge on any atom is -0.497 e. The first kappa shape index (κ1) is 26.3. The first-order valence-corrected chi connectivity index (χ1v) is 12.2. The van der Waals surface area contributed by atoms with Crippen molar-refractivity contribution in [1.82, 2.24) is 14.7 Å². The van der Waals surface area contributed by atoms with E-state index in [1.54, 1.807) is 59.5 Å². The van der Waals surface area contributed by atoms with Gasteiger partial charge in [-0.1, -0.05) is 36.4 Å². The summed E-state index contributed by atoms with van der Waals surface area (Å²) in [6.07, 6.45) is 1.55. The van der Waals surface area contributed by atoms with E-state index in [1.807, 2.05) is 6.07 Å². The summed E-state index contributed by atoms with van der Waals surface area (Å²) in [5.41, 5.74) is -0.153. The fourth-order valence-electron chi connectivity index (χ4n) is 4.78. The second kappa shape index (κ2) is 10.8. The number of rotatable bonds is 9. The average molecular weight is 539 g/mol. The van der Waals surface area contributed by atoms with Crippen LogP contribution in [0.5, 0.6) is 11.5 Å². The summed E-state index contributed by atoms with van der Waals surface area (Å²) in [7, 11) is 1.50. The maximum absolute atomic E-state index is 16.4. The molecule has 6 nitrogen and oxygen atoms in total. The molecule has 0 bridgehead atoms. The Kier molecular flexibility index (Phi) is 7.30. The van der Waals surface area contributed by atoms with Crippen LogP contribution in [-0.2, 0) is 12.5 Å². The number of hydrogen-bond acceptors (Lipinski definition) is 5. The van der Waals surface area contributed by atoms with Crippen LogP contribution in [0.15, 0.2) is 85.5 Å². The molecule has 0 radical (unpaired) electrons. The van der Waals surface area contributed by atoms with Crippen molar-refractivity contribution >= 4 is 5.82 Å². The first-order valence-electron chi connectivity index (χ1n) is 12.2. The molecular weight excluding hydrogens is 512 g/mol. The minimum absolute atomic E-state index is 0.0596. The first-order chi connectivity index (χ1) is 18.8. The van der Waals surface area contributed by atoms with Crippen LogP contribution in [0.2, 0.25) is 0 Å². The smallest absolute Gasteiger partial charge is 0.311 e. The van der Waals surface area contributed by atoms with Gasteiger partial charge in [-0.25, -0.2) is 13.5 Å². The fraction of sp³-hybridized carbons (Fsp3) is 0.207. The zero-order valence-electron chi connectivity index (χ0n) is 21.1. The quantitative estimate of drug-likeness (QED) is 0.151. The zero-order chi connectivity index (χ0) is 27.6. The Balaban J connectivity index is 1.61. The second-order valence-electron chi connectivity index (χ2n) is 8.98. The number of ether oxygens (including phenoxy) is 2. The maximum Gasteiger partial charge on any atom is 0.311 e. The minimum atomic E-state index is -3.48. The van der Waals surface area contributed by atoms with E-state index in [0.29, 0.717) is 23.1 Å². The number of nitrogens with zero attached hydrogens (tertiary/aromatic N) is 3. The SMILES string of the molecule is C=CCN1Cc2c(nn(-c3ccc(F)cc3F)c2NCOc2ccccc2)C(F)(F)C1c1ccc(OC)cc1. The van der Waals surface area contributed by atoms with Crippen LogP contribution in [0.3, 0.4) is 0 Å². The highest BCUT2D eigenvalue weighted by Gasteiger charge is 2.53. The van der Waals surface area contributed by atoms with Crippen LogP contribution in [0, 0.1) is 11.6 Å². The summed E-state index contributed by atoms with van der Waals surface area (Å²) in [4.78, 5) is 1.58. The van der Waals surface area contributed by atoms with Gasteiger partial charge in [-0.3, -0.25) is 4.90 Å². The number of hydrogen-bond donors (Lipinski definition) is 1. The topological polar surface area (TPSA) is 51.6 Å². The Morgan fingerprint density at radius 1 is 1.05 bits per heavy atom. The summed E-state index contributed by atoms with van der Waals surface area (Å²) < 4.78 is 73.2. The molecule has 1 aromatic heterocycles. The number of para-hydroxylation sites is 1. The number of benzene rings is 3. The molecule has 3 aromatic carbocycles. The van der Waals surface area contributed by atoms with Gasteiger partial charge in [0.1, 0.15) is 40.6 Å². The third-order valence-electron chi connectivity index (χ3n) is 6.52. The van der Waals surface area contributed by atoms with Crippen molar-refractivity contribution in [1.29, 1.82) is 0 Å². The normalized spacial score (nSPS) is 16.4. The lowest BCUT2D eigenvalue weighted by atomic mass is 9.90. The standard InChI is InChI=1S/C29H26F4N4O2/c1-3-15-36-17-23-26(29(32,33)27(36)19-9-12-21(38-2)13-10-19)35-37(25-14-11-20(30)16-24(25)31)28(23)34-18-39-22-7-5-4-6-8-22/h3-14,16,27,34H,1,15,17-18H2,2H3. The molecule has 2 heterocycles. The Bertz CT molecular complexity index is 1460. The van der Waals surface area contributed by atoms with Crippen molar-refractivity contribution in [3.8, 4) is 17.2 Å². The summed E-state index contributed by atoms with van der Waals surface area (Å²) >= 11 is 0. The van der Waals surface area contributed by atoms with Gasteiger partial charge in [-0.05, 0) is 42.0 Å². The molecule has 0 amide bonds. The molecule has 0 aliphatic carbocycles. The summed E-state index contributed by atoms with van der Waals surface area (Å²) in [5, 5.41) is 7.20. The molecule has 1 atom stereocenters. The predicted octanol–water partition coefficient (Wildman–Crippen LogP) is 6.44. The molecule has 4 aromatic rings. The molecule has 10 heteroatoms. The highest BCUT2D eigenvalue weighted by atomic mass is 19.3. The highest BCUT2D eigenvalue weighted by molar-refractivity contribution is 5.56. The van der Waals surface area contributed by atoms with Gasteiger partial charge >= 0.3 is 5.92 Å². The molecule has 0 saturated carbocycles. The van der Waals surface area contributed by atoms with Crippen molar-refractivity contribution < 1.29 is 27.0 Å². The van der Waals surface area contributed by atoms with Crippen LogP contribution in [0.1, 0.15) is 22.9 Å². The summed E-state index contributed by atoms with van der Waals surface area (Å²) in [5.74, 6) is -4.01. The van der Waals surface area contributed by atoms with Crippen LogP contribution in [0.4, 0.5) is 23.4 Å². The molecule has 202 valence electrons. The lowest BCUT2D eigenvalue weighted by Gasteiger charge is -2.40. The average Bonchev–Trinajstić information content (AvgIpc) is 3.28. The monoisotopic (exact) mass is 538 g/mol. The Morgan fingerprint density at radius 2 is 1.79 bits per heavy atom. The molecule has 39 heavy (non-hydrogen) atoms. The number of aromatic nitrogens is 2. The Labute approximate surface area is 223 Å². The molecule has 5 rings (SSSR count). The third-order valence-corrected chi connectivity index (χ3v) is 6.52. The second-order valence-corrected chi connectivity index (χ2v) is 8.98. The number of halogens is 4. The maximum atomic E-state index is 16.4. The number of methoxy groups -OCH3 is 1. The van der Waals surface area contributed by atoms with Gasteiger partial charge in [0.15, 0.2) is 12.5 Å². The van der Waals surface area contributed by atoms with Crippen molar-refractivity contribution in [3.05, 3.63) is 114 Å². The lowest BCUT2D eigenvalue weighted by molar-refractivity contribution is -0.106. The van der Waals surface area contributed by atoms with E-state index < -0.39 is 29.3 Å². The van der Waals surface area contributed by atoms with Gasteiger partial charge in [0.2, 0.25) is 0 Å². The third kappa shape index (κ3) is 5.07. The number of alkyl halides is 2. The molecular formula is C29H26F4N4O2. The molecule has 1 N–H and O–H groups in total. The molecule has 1 unspecified atom stereocenters. The van der Waals surface area contributed by atoms with E-state index in [0.717, 1.165) is 16.8 Å². The molecule has 1 aliphatic rings. The summed E-state index contributed by atoms with van der Waals surface area (Å²) in [6, 6.07) is 16.8. The molecule has 0 fully saturated rings.